The van der Waals surface area contributed by atoms with E-state index in [2.05, 4.69) is 0 Å². The summed E-state index contributed by atoms with van der Waals surface area (Å²) in [6.07, 6.45) is 0.805. The van der Waals surface area contributed by atoms with E-state index in [-0.39, 0.29) is 24.4 Å². The van der Waals surface area contributed by atoms with Crippen LogP contribution in [0.25, 0.3) is 0 Å². The van der Waals surface area contributed by atoms with Crippen molar-refractivity contribution in [1.29, 1.82) is 0 Å². The second-order valence-electron chi connectivity index (χ2n) is 4.87. The number of fused-ring (bicyclic) bond motifs is 1. The number of rotatable bonds is 3. The van der Waals surface area contributed by atoms with Gasteiger partial charge < -0.3 is 9.80 Å². The molecule has 4 nitrogen and oxygen atoms in total. The van der Waals surface area contributed by atoms with Crippen molar-refractivity contribution in [2.45, 2.75) is 12.5 Å². The third-order valence-corrected chi connectivity index (χ3v) is 4.65. The Hall–Kier alpha value is -1.49. The highest BCUT2D eigenvalue weighted by Gasteiger charge is 2.41. The van der Waals surface area contributed by atoms with Gasteiger partial charge in [0.2, 0.25) is 11.8 Å². The van der Waals surface area contributed by atoms with Crippen LogP contribution in [0.3, 0.4) is 0 Å². The summed E-state index contributed by atoms with van der Waals surface area (Å²) < 4.78 is 0. The fourth-order valence-electron chi connectivity index (χ4n) is 2.53. The predicted molar refractivity (Wildman–Crippen MR) is 74.7 cm³/mol. The van der Waals surface area contributed by atoms with E-state index in [0.29, 0.717) is 12.4 Å². The molecule has 19 heavy (non-hydrogen) atoms. The Bertz CT molecular complexity index is 491. The number of hydrogen-bond donors (Lipinski definition) is 0. The van der Waals surface area contributed by atoms with Gasteiger partial charge in [-0.3, -0.25) is 9.59 Å². The smallest absolute Gasteiger partial charge is 0.246 e. The minimum absolute atomic E-state index is 0.0858. The summed E-state index contributed by atoms with van der Waals surface area (Å²) in [6.45, 7) is 0.867. The Kier molecular flexibility index (Phi) is 3.46. The van der Waals surface area contributed by atoms with Crippen molar-refractivity contribution in [3.8, 4) is 0 Å². The Morgan fingerprint density at radius 2 is 2.00 bits per heavy atom. The lowest BCUT2D eigenvalue weighted by molar-refractivity contribution is -0.153. The third kappa shape index (κ3) is 2.47. The molecule has 0 bridgehead atoms. The molecule has 100 valence electrons. The minimum Gasteiger partial charge on any atom is -0.331 e. The molecule has 1 unspecified atom stereocenters. The maximum absolute atomic E-state index is 12.3. The summed E-state index contributed by atoms with van der Waals surface area (Å²) in [5, 5.41) is 0. The van der Waals surface area contributed by atoms with Gasteiger partial charge in [-0.1, -0.05) is 30.3 Å². The van der Waals surface area contributed by atoms with Gasteiger partial charge in [0.05, 0.1) is 12.4 Å². The molecule has 0 N–H and O–H groups in total. The van der Waals surface area contributed by atoms with Crippen LogP contribution in [0, 0.1) is 0 Å². The van der Waals surface area contributed by atoms with E-state index in [9.17, 15) is 9.59 Å². The normalized spacial score (nSPS) is 22.8. The molecule has 1 aromatic rings. The standard InChI is InChI=1S/C14H16N2O2S/c17-13-8-15(7-6-11-4-2-1-3-5-11)14(18)12-9-19-10-16(12)13/h1-5,12H,6-10H2. The van der Waals surface area contributed by atoms with E-state index >= 15 is 0 Å². The van der Waals surface area contributed by atoms with E-state index in [1.165, 1.54) is 5.56 Å². The summed E-state index contributed by atoms with van der Waals surface area (Å²) in [5.74, 6) is 1.61. The molecule has 1 aromatic carbocycles. The first-order valence-electron chi connectivity index (χ1n) is 6.45. The quantitative estimate of drug-likeness (QED) is 0.826. The Morgan fingerprint density at radius 3 is 2.79 bits per heavy atom. The number of thioether (sulfide) groups is 1. The van der Waals surface area contributed by atoms with Crippen LogP contribution in [0.5, 0.6) is 0 Å². The van der Waals surface area contributed by atoms with Crippen molar-refractivity contribution in [3.05, 3.63) is 35.9 Å². The van der Waals surface area contributed by atoms with Gasteiger partial charge in [0, 0.05) is 12.3 Å². The van der Waals surface area contributed by atoms with Gasteiger partial charge in [-0.05, 0) is 12.0 Å². The molecule has 0 aromatic heterocycles. The van der Waals surface area contributed by atoms with E-state index < -0.39 is 0 Å². The third-order valence-electron chi connectivity index (χ3n) is 3.64. The minimum atomic E-state index is -0.220. The van der Waals surface area contributed by atoms with Crippen LogP contribution in [0.1, 0.15) is 5.56 Å². The first-order chi connectivity index (χ1) is 9.25. The van der Waals surface area contributed by atoms with Crippen LogP contribution < -0.4 is 0 Å². The number of carbonyl (C=O) groups excluding carboxylic acids is 2. The molecule has 5 heteroatoms. The van der Waals surface area contributed by atoms with Crippen LogP contribution in [-0.4, -0.2) is 52.4 Å². The van der Waals surface area contributed by atoms with E-state index in [4.69, 9.17) is 0 Å². The lowest BCUT2D eigenvalue weighted by Crippen LogP contribution is -2.58. The number of amides is 2. The molecule has 0 aliphatic carbocycles. The molecular formula is C14H16N2O2S. The maximum atomic E-state index is 12.3. The molecule has 0 radical (unpaired) electrons. The van der Waals surface area contributed by atoms with Crippen molar-refractivity contribution in [2.75, 3.05) is 24.7 Å². The zero-order chi connectivity index (χ0) is 13.2. The van der Waals surface area contributed by atoms with E-state index in [1.54, 1.807) is 21.6 Å². The average Bonchev–Trinajstić information content (AvgIpc) is 2.92. The zero-order valence-electron chi connectivity index (χ0n) is 10.6. The van der Waals surface area contributed by atoms with Gasteiger partial charge in [0.15, 0.2) is 0 Å². The first-order valence-corrected chi connectivity index (χ1v) is 7.61. The zero-order valence-corrected chi connectivity index (χ0v) is 11.4. The molecule has 3 rings (SSSR count). The number of nitrogens with zero attached hydrogens (tertiary/aromatic N) is 2. The second-order valence-corrected chi connectivity index (χ2v) is 5.87. The fourth-order valence-corrected chi connectivity index (χ4v) is 3.71. The topological polar surface area (TPSA) is 40.6 Å². The SMILES string of the molecule is O=C1C2CSCN2C(=O)CN1CCc1ccccc1. The van der Waals surface area contributed by atoms with Gasteiger partial charge in [-0.15, -0.1) is 11.8 Å². The molecule has 2 saturated heterocycles. The van der Waals surface area contributed by atoms with Gasteiger partial charge in [0.25, 0.3) is 0 Å². The molecule has 0 saturated carbocycles. The number of piperazine rings is 1. The molecule has 0 spiro atoms. The van der Waals surface area contributed by atoms with Gasteiger partial charge in [0.1, 0.15) is 6.04 Å². The lowest BCUT2D eigenvalue weighted by atomic mass is 10.1. The Labute approximate surface area is 116 Å². The number of carbonyl (C=O) groups is 2. The summed E-state index contributed by atoms with van der Waals surface area (Å²) >= 11 is 1.66. The second kappa shape index (κ2) is 5.25. The van der Waals surface area contributed by atoms with Crippen molar-refractivity contribution < 1.29 is 9.59 Å². The highest BCUT2D eigenvalue weighted by atomic mass is 32.2. The van der Waals surface area contributed by atoms with Crippen molar-refractivity contribution in [2.24, 2.45) is 0 Å². The van der Waals surface area contributed by atoms with Crippen LogP contribution in [-0.2, 0) is 16.0 Å². The Morgan fingerprint density at radius 1 is 1.21 bits per heavy atom. The largest absolute Gasteiger partial charge is 0.331 e. The van der Waals surface area contributed by atoms with Crippen LogP contribution >= 0.6 is 11.8 Å². The summed E-state index contributed by atoms with van der Waals surface area (Å²) in [7, 11) is 0. The first kappa shape index (κ1) is 12.5. The van der Waals surface area contributed by atoms with Crippen LogP contribution in [0.2, 0.25) is 0 Å². The average molecular weight is 276 g/mol. The van der Waals surface area contributed by atoms with Crippen LogP contribution in [0.15, 0.2) is 30.3 Å². The predicted octanol–water partition coefficient (Wildman–Crippen LogP) is 0.973. The highest BCUT2D eigenvalue weighted by Crippen LogP contribution is 2.25. The van der Waals surface area contributed by atoms with Crippen LogP contribution in [0.4, 0.5) is 0 Å². The molecule has 1 atom stereocenters. The van der Waals surface area contributed by atoms with Gasteiger partial charge in [-0.25, -0.2) is 0 Å². The Balaban J connectivity index is 1.65. The summed E-state index contributed by atoms with van der Waals surface area (Å²) in [4.78, 5) is 27.7. The van der Waals surface area contributed by atoms with Gasteiger partial charge in [-0.2, -0.15) is 0 Å². The van der Waals surface area contributed by atoms with Gasteiger partial charge >= 0.3 is 0 Å². The fraction of sp³-hybridized carbons (Fsp3) is 0.429. The monoisotopic (exact) mass is 276 g/mol. The molecule has 2 fully saturated rings. The van der Waals surface area contributed by atoms with Crippen molar-refractivity contribution >= 4 is 23.6 Å². The maximum Gasteiger partial charge on any atom is 0.246 e. The summed E-state index contributed by atoms with van der Waals surface area (Å²) in [6, 6.07) is 9.85. The molecule has 2 amide bonds. The molecule has 2 aliphatic heterocycles. The molecule has 2 aliphatic rings. The number of hydrogen-bond acceptors (Lipinski definition) is 3. The van der Waals surface area contributed by atoms with Crippen molar-refractivity contribution in [3.63, 3.8) is 0 Å². The molecule has 2 heterocycles. The van der Waals surface area contributed by atoms with E-state index in [1.807, 2.05) is 30.3 Å². The van der Waals surface area contributed by atoms with E-state index in [0.717, 1.165) is 12.2 Å². The molecular weight excluding hydrogens is 260 g/mol. The highest BCUT2D eigenvalue weighted by molar-refractivity contribution is 7.99. The lowest BCUT2D eigenvalue weighted by Gasteiger charge is -2.35. The summed E-state index contributed by atoms with van der Waals surface area (Å²) in [5.41, 5.74) is 1.20. The number of benzene rings is 1. The van der Waals surface area contributed by atoms with Crippen molar-refractivity contribution in [1.82, 2.24) is 9.80 Å².